The van der Waals surface area contributed by atoms with E-state index in [-0.39, 0.29) is 37.2 Å². The Kier molecular flexibility index (Phi) is 16.1. The fourth-order valence-electron chi connectivity index (χ4n) is 6.21. The Hall–Kier alpha value is -3.91. The Labute approximate surface area is 264 Å². The van der Waals surface area contributed by atoms with Crippen LogP contribution in [0.25, 0.3) is 0 Å². The summed E-state index contributed by atoms with van der Waals surface area (Å²) in [4.78, 5) is 79.9. The summed E-state index contributed by atoms with van der Waals surface area (Å²) in [5.41, 5.74) is 16.3. The molecule has 45 heavy (non-hydrogen) atoms. The van der Waals surface area contributed by atoms with E-state index in [1.165, 1.54) is 6.92 Å². The van der Waals surface area contributed by atoms with Crippen LogP contribution in [0.4, 0.5) is 0 Å². The fraction of sp³-hybridized carbons (Fsp3) is 0.767. The van der Waals surface area contributed by atoms with Crippen LogP contribution in [0.3, 0.4) is 0 Å². The van der Waals surface area contributed by atoms with Crippen molar-refractivity contribution in [1.82, 2.24) is 21.3 Å². The van der Waals surface area contributed by atoms with Gasteiger partial charge >= 0.3 is 5.97 Å². The van der Waals surface area contributed by atoms with Gasteiger partial charge in [0.05, 0.1) is 6.42 Å². The molecule has 0 aromatic heterocycles. The molecule has 0 unspecified atom stereocenters. The molecule has 5 amide bonds. The molecule has 15 heteroatoms. The van der Waals surface area contributed by atoms with Gasteiger partial charge in [-0.25, -0.2) is 0 Å². The minimum atomic E-state index is -1.51. The SMILES string of the molecule is CC(=O)N[C@@H](CCCN=C(N)N)C(=O)N[C@@H](CC1CCCCC1)C(=O)N[C@@H](CC(=O)O)C(=O)N[C@@H](CC1CCCCC1)C(N)=O. The average molecular weight is 637 g/mol. The summed E-state index contributed by atoms with van der Waals surface area (Å²) in [5.74, 6) is -4.47. The molecule has 11 N–H and O–H groups in total. The number of carbonyl (C=O) groups excluding carboxylic acids is 5. The van der Waals surface area contributed by atoms with Crippen LogP contribution < -0.4 is 38.5 Å². The van der Waals surface area contributed by atoms with Crippen molar-refractivity contribution in [3.8, 4) is 0 Å². The van der Waals surface area contributed by atoms with E-state index in [1.807, 2.05) is 0 Å². The molecular weight excluding hydrogens is 584 g/mol. The van der Waals surface area contributed by atoms with Crippen molar-refractivity contribution in [3.63, 3.8) is 0 Å². The van der Waals surface area contributed by atoms with Crippen molar-refractivity contribution in [3.05, 3.63) is 0 Å². The van der Waals surface area contributed by atoms with E-state index in [4.69, 9.17) is 17.2 Å². The van der Waals surface area contributed by atoms with Gasteiger partial charge < -0.3 is 43.6 Å². The quantitative estimate of drug-likeness (QED) is 0.0566. The minimum absolute atomic E-state index is 0.101. The molecule has 0 aliphatic heterocycles. The molecule has 0 saturated heterocycles. The summed E-state index contributed by atoms with van der Waals surface area (Å²) in [6.45, 7) is 1.50. The lowest BCUT2D eigenvalue weighted by molar-refractivity contribution is -0.141. The lowest BCUT2D eigenvalue weighted by Gasteiger charge is -2.30. The van der Waals surface area contributed by atoms with Crippen molar-refractivity contribution >= 4 is 41.5 Å². The van der Waals surface area contributed by atoms with Crippen LogP contribution in [0.15, 0.2) is 4.99 Å². The summed E-state index contributed by atoms with van der Waals surface area (Å²) in [6, 6.07) is -4.61. The zero-order valence-corrected chi connectivity index (χ0v) is 26.4. The van der Waals surface area contributed by atoms with E-state index in [9.17, 15) is 33.9 Å². The number of amides is 5. The summed E-state index contributed by atoms with van der Waals surface area (Å²) < 4.78 is 0. The Balaban J connectivity index is 2.20. The number of carbonyl (C=O) groups is 6. The monoisotopic (exact) mass is 636 g/mol. The van der Waals surface area contributed by atoms with E-state index in [1.54, 1.807) is 0 Å². The van der Waals surface area contributed by atoms with Crippen LogP contribution in [-0.4, -0.2) is 77.3 Å². The Morgan fingerprint density at radius 3 is 1.64 bits per heavy atom. The minimum Gasteiger partial charge on any atom is -0.481 e. The molecular formula is C30H52N8O7. The highest BCUT2D eigenvalue weighted by atomic mass is 16.4. The van der Waals surface area contributed by atoms with Crippen LogP contribution in [0.5, 0.6) is 0 Å². The number of carboxylic acids is 1. The molecule has 4 atom stereocenters. The zero-order valence-electron chi connectivity index (χ0n) is 26.4. The normalized spacial score (nSPS) is 18.3. The van der Waals surface area contributed by atoms with Gasteiger partial charge in [0, 0.05) is 13.5 Å². The van der Waals surface area contributed by atoms with Crippen molar-refractivity contribution < 1.29 is 33.9 Å². The standard InChI is InChI=1S/C30H52N8O7/c1-18(39)35-21(13-8-14-34-30(32)33)27(43)37-23(16-20-11-6-3-7-12-20)28(44)38-24(17-25(40)41)29(45)36-22(26(31)42)15-19-9-4-2-5-10-19/h19-24H,2-17H2,1H3,(H2,31,42)(H,35,39)(H,36,45)(H,37,43)(H,38,44)(H,40,41)(H4,32,33,34)/t21-,22-,23-,24-/m0/s1. The third-order valence-electron chi connectivity index (χ3n) is 8.53. The number of rotatable bonds is 18. The largest absolute Gasteiger partial charge is 0.481 e. The van der Waals surface area contributed by atoms with Crippen LogP contribution in [0.1, 0.15) is 103 Å². The van der Waals surface area contributed by atoms with Crippen LogP contribution in [0, 0.1) is 11.8 Å². The molecule has 0 aromatic rings. The van der Waals surface area contributed by atoms with Crippen molar-refractivity contribution in [1.29, 1.82) is 0 Å². The molecule has 2 aliphatic carbocycles. The molecule has 0 spiro atoms. The van der Waals surface area contributed by atoms with Gasteiger partial charge in [-0.05, 0) is 37.5 Å². The second kappa shape index (κ2) is 19.5. The maximum Gasteiger partial charge on any atom is 0.305 e. The molecule has 2 saturated carbocycles. The molecule has 0 radical (unpaired) electrons. The van der Waals surface area contributed by atoms with Crippen LogP contribution in [-0.2, 0) is 28.8 Å². The Bertz CT molecular complexity index is 1050. The summed E-state index contributed by atoms with van der Waals surface area (Å²) in [7, 11) is 0. The smallest absolute Gasteiger partial charge is 0.305 e. The second-order valence-electron chi connectivity index (χ2n) is 12.4. The van der Waals surface area contributed by atoms with Crippen LogP contribution in [0.2, 0.25) is 0 Å². The topological polar surface area (TPSA) is 261 Å². The number of primary amides is 1. The fourth-order valence-corrected chi connectivity index (χ4v) is 6.21. The highest BCUT2D eigenvalue weighted by molar-refractivity contribution is 5.96. The molecule has 0 aromatic carbocycles. The predicted molar refractivity (Wildman–Crippen MR) is 167 cm³/mol. The number of hydrogen-bond donors (Lipinski definition) is 8. The molecule has 0 bridgehead atoms. The van der Waals surface area contributed by atoms with E-state index in [2.05, 4.69) is 26.3 Å². The highest BCUT2D eigenvalue weighted by Crippen LogP contribution is 2.28. The first-order valence-corrected chi connectivity index (χ1v) is 16.1. The first-order chi connectivity index (χ1) is 21.3. The molecule has 15 nitrogen and oxygen atoms in total. The van der Waals surface area contributed by atoms with Crippen molar-refractivity contribution in [2.24, 2.45) is 34.0 Å². The van der Waals surface area contributed by atoms with Crippen molar-refractivity contribution in [2.45, 2.75) is 127 Å². The van der Waals surface area contributed by atoms with Gasteiger partial charge in [0.1, 0.15) is 24.2 Å². The van der Waals surface area contributed by atoms with E-state index >= 15 is 0 Å². The molecule has 2 rings (SSSR count). The number of nitrogens with one attached hydrogen (secondary N) is 4. The van der Waals surface area contributed by atoms with E-state index < -0.39 is 66.1 Å². The number of aliphatic imine (C=N–C) groups is 1. The third kappa shape index (κ3) is 14.6. The maximum absolute atomic E-state index is 13.6. The van der Waals surface area contributed by atoms with Gasteiger partial charge in [0.15, 0.2) is 5.96 Å². The summed E-state index contributed by atoms with van der Waals surface area (Å²) in [6.07, 6.45) is 10.1. The number of carboxylic acid groups (broad SMARTS) is 1. The number of guanidine groups is 1. The van der Waals surface area contributed by atoms with Gasteiger partial charge in [-0.2, -0.15) is 0 Å². The predicted octanol–water partition coefficient (Wildman–Crippen LogP) is -0.100. The van der Waals surface area contributed by atoms with Gasteiger partial charge in [-0.3, -0.25) is 33.8 Å². The number of nitrogens with zero attached hydrogens (tertiary/aromatic N) is 1. The molecule has 0 heterocycles. The first kappa shape index (κ1) is 37.3. The van der Waals surface area contributed by atoms with E-state index in [0.717, 1.165) is 64.2 Å². The Morgan fingerprint density at radius 1 is 0.689 bits per heavy atom. The molecule has 2 fully saturated rings. The highest BCUT2D eigenvalue weighted by Gasteiger charge is 2.34. The third-order valence-corrected chi connectivity index (χ3v) is 8.53. The average Bonchev–Trinajstić information content (AvgIpc) is 2.98. The van der Waals surface area contributed by atoms with E-state index in [0.29, 0.717) is 12.8 Å². The first-order valence-electron chi connectivity index (χ1n) is 16.1. The van der Waals surface area contributed by atoms with Gasteiger partial charge in [-0.1, -0.05) is 64.2 Å². The number of nitrogens with two attached hydrogens (primary N) is 3. The van der Waals surface area contributed by atoms with Crippen LogP contribution >= 0.6 is 0 Å². The summed E-state index contributed by atoms with van der Waals surface area (Å²) >= 11 is 0. The van der Waals surface area contributed by atoms with Gasteiger partial charge in [0.25, 0.3) is 0 Å². The maximum atomic E-state index is 13.6. The number of aliphatic carboxylic acids is 1. The van der Waals surface area contributed by atoms with Crippen molar-refractivity contribution in [2.75, 3.05) is 6.54 Å². The molecule has 254 valence electrons. The lowest BCUT2D eigenvalue weighted by atomic mass is 9.84. The Morgan fingerprint density at radius 2 is 1.16 bits per heavy atom. The summed E-state index contributed by atoms with van der Waals surface area (Å²) in [5, 5.41) is 19.9. The second-order valence-corrected chi connectivity index (χ2v) is 12.4. The van der Waals surface area contributed by atoms with Gasteiger partial charge in [0.2, 0.25) is 29.5 Å². The molecule has 2 aliphatic rings. The van der Waals surface area contributed by atoms with Gasteiger partial charge in [-0.15, -0.1) is 0 Å². The number of hydrogen-bond acceptors (Lipinski definition) is 7. The lowest BCUT2D eigenvalue weighted by Crippen LogP contribution is -2.58. The zero-order chi connectivity index (χ0) is 33.4.